The third-order valence-electron chi connectivity index (χ3n) is 8.42. The first-order valence-electron chi connectivity index (χ1n) is 15.8. The van der Waals surface area contributed by atoms with Gasteiger partial charge in [-0.3, -0.25) is 4.79 Å². The summed E-state index contributed by atoms with van der Waals surface area (Å²) in [7, 11) is 0. The van der Waals surface area contributed by atoms with Gasteiger partial charge in [0.25, 0.3) is 0 Å². The van der Waals surface area contributed by atoms with Crippen LogP contribution in [0.3, 0.4) is 0 Å². The molecule has 47 heavy (non-hydrogen) atoms. The van der Waals surface area contributed by atoms with Gasteiger partial charge in [0.15, 0.2) is 0 Å². The second kappa shape index (κ2) is 12.9. The van der Waals surface area contributed by atoms with Gasteiger partial charge in [-0.1, -0.05) is 84.9 Å². The summed E-state index contributed by atoms with van der Waals surface area (Å²) in [5, 5.41) is 2.76. The Bertz CT molecular complexity index is 2230. The molecule has 0 atom stereocenters. The molecule has 234 valence electrons. The molecule has 0 saturated carbocycles. The molecule has 2 N–H and O–H groups in total. The molecule has 0 bridgehead atoms. The number of rotatable bonds is 10. The molecule has 0 aliphatic carbocycles. The minimum absolute atomic E-state index is 0.209. The van der Waals surface area contributed by atoms with Gasteiger partial charge in [-0.2, -0.15) is 0 Å². The van der Waals surface area contributed by atoms with Crippen molar-refractivity contribution in [3.63, 3.8) is 0 Å². The molecule has 0 aliphatic rings. The molecule has 2 aromatic heterocycles. The second-order valence-corrected chi connectivity index (χ2v) is 11.7. The monoisotopic (exact) mass is 621 g/mol. The van der Waals surface area contributed by atoms with Crippen LogP contribution in [0.2, 0.25) is 0 Å². The topological polar surface area (TPSA) is 95.4 Å². The van der Waals surface area contributed by atoms with E-state index in [1.54, 1.807) is 0 Å². The van der Waals surface area contributed by atoms with E-state index in [9.17, 15) is 9.59 Å². The van der Waals surface area contributed by atoms with E-state index in [-0.39, 0.29) is 5.69 Å². The molecule has 0 aliphatic heterocycles. The van der Waals surface area contributed by atoms with Crippen molar-refractivity contribution < 1.29 is 9.63 Å². The van der Waals surface area contributed by atoms with Gasteiger partial charge in [-0.05, 0) is 65.2 Å². The van der Waals surface area contributed by atoms with Crippen molar-refractivity contribution in [3.05, 3.63) is 143 Å². The fraction of sp³-hybridized carbons (Fsp3) is 0.154. The minimum atomic E-state index is -0.594. The maximum Gasteiger partial charge on any atom is 0.330 e. The minimum Gasteiger partial charge on any atom is -0.363 e. The molecule has 0 spiro atoms. The zero-order chi connectivity index (χ0) is 32.3. The molecule has 0 amide bonds. The van der Waals surface area contributed by atoms with Gasteiger partial charge >= 0.3 is 11.5 Å². The zero-order valence-corrected chi connectivity index (χ0v) is 26.2. The Morgan fingerprint density at radius 1 is 0.809 bits per heavy atom. The van der Waals surface area contributed by atoms with Crippen molar-refractivity contribution >= 4 is 44.4 Å². The number of hydrogen-bond donors (Lipinski definition) is 1. The highest BCUT2D eigenvalue weighted by atomic mass is 16.7. The Kier molecular flexibility index (Phi) is 8.25. The van der Waals surface area contributed by atoms with Crippen molar-refractivity contribution in [2.45, 2.75) is 33.0 Å². The zero-order valence-electron chi connectivity index (χ0n) is 26.2. The predicted octanol–water partition coefficient (Wildman–Crippen LogP) is 6.70. The molecule has 0 saturated heterocycles. The van der Waals surface area contributed by atoms with Gasteiger partial charge in [0, 0.05) is 54.9 Å². The molecule has 8 heteroatoms. The Morgan fingerprint density at radius 2 is 1.45 bits per heavy atom. The molecular weight excluding hydrogens is 586 g/mol. The van der Waals surface area contributed by atoms with Gasteiger partial charge in [0.1, 0.15) is 11.2 Å². The van der Waals surface area contributed by atoms with Crippen LogP contribution in [0.25, 0.3) is 44.0 Å². The maximum atomic E-state index is 14.2. The van der Waals surface area contributed by atoms with Crippen LogP contribution in [0.15, 0.2) is 126 Å². The third-order valence-corrected chi connectivity index (χ3v) is 8.42. The summed E-state index contributed by atoms with van der Waals surface area (Å²) >= 11 is 0. The van der Waals surface area contributed by atoms with Crippen molar-refractivity contribution in [3.8, 4) is 11.3 Å². The highest BCUT2D eigenvalue weighted by molar-refractivity contribution is 5.99. The van der Waals surface area contributed by atoms with E-state index in [1.165, 1.54) is 18.1 Å². The fourth-order valence-corrected chi connectivity index (χ4v) is 6.20. The number of carbonyl (C=O) groups excluding carboxylic acids is 1. The van der Waals surface area contributed by atoms with E-state index in [0.29, 0.717) is 42.8 Å². The van der Waals surface area contributed by atoms with Crippen LogP contribution >= 0.6 is 0 Å². The van der Waals surface area contributed by atoms with Crippen molar-refractivity contribution in [1.82, 2.24) is 14.3 Å². The smallest absolute Gasteiger partial charge is 0.330 e. The molecule has 5 aromatic carbocycles. The Morgan fingerprint density at radius 3 is 2.09 bits per heavy atom. The molecule has 0 unspecified atom stereocenters. The average molecular weight is 622 g/mol. The number of fused-ring (bicyclic) bond motifs is 3. The Hall–Kier alpha value is -5.73. The van der Waals surface area contributed by atoms with Gasteiger partial charge in [-0.15, -0.1) is 4.73 Å². The van der Waals surface area contributed by atoms with Crippen LogP contribution in [0.5, 0.6) is 0 Å². The third kappa shape index (κ3) is 6.11. The summed E-state index contributed by atoms with van der Waals surface area (Å²) in [6.45, 7) is 3.91. The molecule has 8 nitrogen and oxygen atoms in total. The van der Waals surface area contributed by atoms with Crippen LogP contribution < -0.4 is 21.0 Å². The van der Waals surface area contributed by atoms with Crippen LogP contribution in [0.4, 0.5) is 5.69 Å². The molecule has 2 heterocycles. The number of anilines is 1. The van der Waals surface area contributed by atoms with Crippen LogP contribution in [0.1, 0.15) is 24.5 Å². The first-order valence-corrected chi connectivity index (χ1v) is 15.8. The van der Waals surface area contributed by atoms with Crippen LogP contribution in [0, 0.1) is 0 Å². The van der Waals surface area contributed by atoms with E-state index in [0.717, 1.165) is 38.5 Å². The average Bonchev–Trinajstić information content (AvgIpc) is 3.45. The van der Waals surface area contributed by atoms with Crippen molar-refractivity contribution in [1.29, 1.82) is 0 Å². The first kappa shape index (κ1) is 30.0. The summed E-state index contributed by atoms with van der Waals surface area (Å²) in [6.07, 6.45) is 2.74. The highest BCUT2D eigenvalue weighted by Crippen LogP contribution is 2.34. The quantitative estimate of drug-likeness (QED) is 0.171. The fourth-order valence-electron chi connectivity index (χ4n) is 6.20. The summed E-state index contributed by atoms with van der Waals surface area (Å²) in [6, 6.07) is 38.7. The van der Waals surface area contributed by atoms with Gasteiger partial charge in [-0.25, -0.2) is 9.78 Å². The summed E-state index contributed by atoms with van der Waals surface area (Å²) in [5.74, 6) is -0.594. The molecule has 0 fully saturated rings. The summed E-state index contributed by atoms with van der Waals surface area (Å²) in [4.78, 5) is 39.3. The largest absolute Gasteiger partial charge is 0.363 e. The van der Waals surface area contributed by atoms with E-state index in [4.69, 9.17) is 15.6 Å². The van der Waals surface area contributed by atoms with E-state index in [2.05, 4.69) is 76.2 Å². The lowest BCUT2D eigenvalue weighted by Gasteiger charge is -2.26. The number of nitrogens with two attached hydrogens (primary N) is 1. The lowest BCUT2D eigenvalue weighted by molar-refractivity contribution is -0.141. The molecule has 7 aromatic rings. The highest BCUT2D eigenvalue weighted by Gasteiger charge is 2.21. The SMILES string of the molecule is CC(=O)On1c(=O)c(-c2cn(CCCN)c3ccc(N(Cc4ccccc4)Cc4ccccc4)cc23)nc2cc3ccccc3cc21. The number of aromatic nitrogens is 3. The Labute approximate surface area is 272 Å². The molecule has 0 radical (unpaired) electrons. The van der Waals surface area contributed by atoms with E-state index in [1.807, 2.05) is 54.7 Å². The van der Waals surface area contributed by atoms with Gasteiger partial charge in [0.05, 0.1) is 5.52 Å². The number of hydrogen-bond acceptors (Lipinski definition) is 6. The number of carbonyl (C=O) groups is 1. The van der Waals surface area contributed by atoms with Crippen molar-refractivity contribution in [2.75, 3.05) is 11.4 Å². The number of benzene rings is 5. The second-order valence-electron chi connectivity index (χ2n) is 11.7. The first-order chi connectivity index (χ1) is 23.0. The van der Waals surface area contributed by atoms with Gasteiger partial charge in [0.2, 0.25) is 0 Å². The number of aryl methyl sites for hydroxylation is 1. The molecular formula is C39H35N5O3. The van der Waals surface area contributed by atoms with Gasteiger partial charge < -0.3 is 20.0 Å². The normalized spacial score (nSPS) is 11.4. The van der Waals surface area contributed by atoms with Crippen molar-refractivity contribution in [2.24, 2.45) is 5.73 Å². The lowest BCUT2D eigenvalue weighted by Crippen LogP contribution is -2.31. The molecule has 7 rings (SSSR count). The van der Waals surface area contributed by atoms with E-state index < -0.39 is 11.5 Å². The summed E-state index contributed by atoms with van der Waals surface area (Å²) in [5.41, 5.74) is 11.6. The van der Waals surface area contributed by atoms with Crippen LogP contribution in [-0.4, -0.2) is 26.8 Å². The standard InChI is InChI=1S/C39H35N5O3/c1-27(45)47-44-37-22-31-16-9-8-15-30(31)21-35(37)41-38(39(44)46)34-26-42(20-10-19-40)36-18-17-32(23-33(34)36)43(24-28-11-4-2-5-12-28)25-29-13-6-3-7-14-29/h2-9,11-18,21-23,26H,10,19-20,24-25,40H2,1H3. The maximum absolute atomic E-state index is 14.2. The van der Waals surface area contributed by atoms with E-state index >= 15 is 0 Å². The number of nitrogens with zero attached hydrogens (tertiary/aromatic N) is 4. The predicted molar refractivity (Wildman–Crippen MR) is 188 cm³/mol. The summed E-state index contributed by atoms with van der Waals surface area (Å²) < 4.78 is 3.21. The van der Waals surface area contributed by atoms with Crippen LogP contribution in [-0.2, 0) is 24.4 Å². The lowest BCUT2D eigenvalue weighted by atomic mass is 10.1. The Balaban J connectivity index is 1.43.